The molecule has 0 radical (unpaired) electrons. The van der Waals surface area contributed by atoms with E-state index in [9.17, 15) is 15.0 Å². The van der Waals surface area contributed by atoms with E-state index < -0.39 is 18.2 Å². The first kappa shape index (κ1) is 15.5. The Morgan fingerprint density at radius 2 is 2.10 bits per heavy atom. The van der Waals surface area contributed by atoms with Crippen molar-refractivity contribution in [2.45, 2.75) is 25.6 Å². The Labute approximate surface area is 122 Å². The van der Waals surface area contributed by atoms with Crippen LogP contribution in [0.15, 0.2) is 24.3 Å². The van der Waals surface area contributed by atoms with Crippen LogP contribution in [0.2, 0.25) is 0 Å². The second kappa shape index (κ2) is 6.71. The first-order valence-corrected chi connectivity index (χ1v) is 6.83. The van der Waals surface area contributed by atoms with Gasteiger partial charge in [-0.25, -0.2) is 4.79 Å². The number of hydrogen-bond acceptors (Lipinski definition) is 5. The Bertz CT molecular complexity index is 622. The smallest absolute Gasteiger partial charge is 0.354 e. The summed E-state index contributed by atoms with van der Waals surface area (Å²) in [4.78, 5) is 14.6. The van der Waals surface area contributed by atoms with Crippen LogP contribution in [-0.2, 0) is 4.74 Å². The number of nitrogens with one attached hydrogen (secondary N) is 1. The summed E-state index contributed by atoms with van der Waals surface area (Å²) in [6.07, 6.45) is -2.03. The lowest BCUT2D eigenvalue weighted by Gasteiger charge is -2.17. The molecular weight excluding hydrogens is 274 g/mol. The molecule has 0 amide bonds. The average molecular weight is 293 g/mol. The molecular formula is C15H19NO5. The number of carbonyl (C=O) groups is 1. The van der Waals surface area contributed by atoms with Crippen LogP contribution in [0.5, 0.6) is 0 Å². The van der Waals surface area contributed by atoms with Gasteiger partial charge in [0.2, 0.25) is 0 Å². The molecule has 0 aliphatic carbocycles. The SMILES string of the molecule is CCOC(=O)c1cc2ccc(C(O)C(O)CCO)cc2[nH]1. The number of fused-ring (bicyclic) bond motifs is 1. The number of aliphatic hydroxyl groups excluding tert-OH is 3. The summed E-state index contributed by atoms with van der Waals surface area (Å²) < 4.78 is 4.92. The molecule has 1 aromatic heterocycles. The van der Waals surface area contributed by atoms with E-state index in [1.807, 2.05) is 0 Å². The minimum Gasteiger partial charge on any atom is -0.461 e. The molecule has 0 spiro atoms. The second-order valence-electron chi connectivity index (χ2n) is 4.77. The van der Waals surface area contributed by atoms with Gasteiger partial charge < -0.3 is 25.0 Å². The van der Waals surface area contributed by atoms with E-state index >= 15 is 0 Å². The maximum absolute atomic E-state index is 11.7. The summed E-state index contributed by atoms with van der Waals surface area (Å²) in [5.41, 5.74) is 1.53. The molecule has 2 unspecified atom stereocenters. The van der Waals surface area contributed by atoms with Gasteiger partial charge in [-0.05, 0) is 31.0 Å². The molecule has 0 saturated carbocycles. The molecule has 2 aromatic rings. The molecule has 0 bridgehead atoms. The first-order chi connectivity index (χ1) is 10.1. The van der Waals surface area contributed by atoms with Crippen molar-refractivity contribution in [2.75, 3.05) is 13.2 Å². The third kappa shape index (κ3) is 3.41. The fraction of sp³-hybridized carbons (Fsp3) is 0.400. The Morgan fingerprint density at radius 3 is 2.76 bits per heavy atom. The molecule has 0 saturated heterocycles. The van der Waals surface area contributed by atoms with Crippen LogP contribution in [0.25, 0.3) is 10.9 Å². The highest BCUT2D eigenvalue weighted by molar-refractivity contribution is 5.94. The molecule has 1 heterocycles. The van der Waals surface area contributed by atoms with Gasteiger partial charge in [0.15, 0.2) is 0 Å². The van der Waals surface area contributed by atoms with E-state index in [4.69, 9.17) is 9.84 Å². The van der Waals surface area contributed by atoms with E-state index in [0.717, 1.165) is 5.39 Å². The predicted octanol–water partition coefficient (Wildman–Crippen LogP) is 1.12. The second-order valence-corrected chi connectivity index (χ2v) is 4.77. The molecule has 4 N–H and O–H groups in total. The van der Waals surface area contributed by atoms with Crippen molar-refractivity contribution in [1.29, 1.82) is 0 Å². The van der Waals surface area contributed by atoms with Crippen molar-refractivity contribution in [3.8, 4) is 0 Å². The Balaban J connectivity index is 2.27. The zero-order valence-corrected chi connectivity index (χ0v) is 11.7. The topological polar surface area (TPSA) is 103 Å². The van der Waals surface area contributed by atoms with Gasteiger partial charge in [-0.2, -0.15) is 0 Å². The van der Waals surface area contributed by atoms with E-state index in [1.54, 1.807) is 31.2 Å². The van der Waals surface area contributed by atoms with Crippen molar-refractivity contribution in [2.24, 2.45) is 0 Å². The Kier molecular flexibility index (Phi) is 4.95. The maximum Gasteiger partial charge on any atom is 0.354 e. The molecule has 6 heteroatoms. The summed E-state index contributed by atoms with van der Waals surface area (Å²) in [5, 5.41) is 29.3. The average Bonchev–Trinajstić information content (AvgIpc) is 2.90. The quantitative estimate of drug-likeness (QED) is 0.598. The number of aliphatic hydroxyl groups is 3. The predicted molar refractivity (Wildman–Crippen MR) is 76.9 cm³/mol. The maximum atomic E-state index is 11.7. The molecule has 2 atom stereocenters. The number of hydrogen-bond donors (Lipinski definition) is 4. The Morgan fingerprint density at radius 1 is 1.33 bits per heavy atom. The van der Waals surface area contributed by atoms with Crippen LogP contribution in [0.4, 0.5) is 0 Å². The molecule has 0 aliphatic rings. The molecule has 2 rings (SSSR count). The van der Waals surface area contributed by atoms with Crippen LogP contribution in [-0.4, -0.2) is 45.6 Å². The van der Waals surface area contributed by atoms with Gasteiger partial charge >= 0.3 is 5.97 Å². The van der Waals surface area contributed by atoms with Crippen molar-refractivity contribution >= 4 is 16.9 Å². The summed E-state index contributed by atoms with van der Waals surface area (Å²) in [6, 6.07) is 6.77. The highest BCUT2D eigenvalue weighted by atomic mass is 16.5. The molecule has 1 aromatic carbocycles. The zero-order chi connectivity index (χ0) is 15.4. The van der Waals surface area contributed by atoms with Gasteiger partial charge in [0.25, 0.3) is 0 Å². The van der Waals surface area contributed by atoms with Crippen LogP contribution >= 0.6 is 0 Å². The van der Waals surface area contributed by atoms with Crippen LogP contribution in [0.1, 0.15) is 35.5 Å². The zero-order valence-electron chi connectivity index (χ0n) is 11.7. The molecule has 114 valence electrons. The van der Waals surface area contributed by atoms with Crippen molar-refractivity contribution in [3.05, 3.63) is 35.5 Å². The molecule has 0 fully saturated rings. The van der Waals surface area contributed by atoms with Crippen LogP contribution < -0.4 is 0 Å². The number of carbonyl (C=O) groups excluding carboxylic acids is 1. The lowest BCUT2D eigenvalue weighted by atomic mass is 10.0. The number of rotatable bonds is 6. The van der Waals surface area contributed by atoms with Gasteiger partial charge in [-0.15, -0.1) is 0 Å². The van der Waals surface area contributed by atoms with E-state index in [-0.39, 0.29) is 13.0 Å². The molecule has 6 nitrogen and oxygen atoms in total. The molecule has 0 aliphatic heterocycles. The summed E-state index contributed by atoms with van der Waals surface area (Å²) in [6.45, 7) is 1.83. The van der Waals surface area contributed by atoms with Gasteiger partial charge in [-0.1, -0.05) is 12.1 Å². The standard InChI is InChI=1S/C15H19NO5/c1-2-21-15(20)12-7-9-3-4-10(8-11(9)16-12)14(19)13(18)5-6-17/h3-4,7-8,13-14,16-19H,2,5-6H2,1H3. The summed E-state index contributed by atoms with van der Waals surface area (Å²) >= 11 is 0. The highest BCUT2D eigenvalue weighted by Crippen LogP contribution is 2.24. The largest absolute Gasteiger partial charge is 0.461 e. The number of esters is 1. The normalized spacial score (nSPS) is 14.1. The highest BCUT2D eigenvalue weighted by Gasteiger charge is 2.19. The van der Waals surface area contributed by atoms with Gasteiger partial charge in [-0.3, -0.25) is 0 Å². The number of ether oxygens (including phenoxy) is 1. The van der Waals surface area contributed by atoms with Crippen molar-refractivity contribution in [1.82, 2.24) is 4.98 Å². The lowest BCUT2D eigenvalue weighted by molar-refractivity contribution is 0.00428. The molecule has 21 heavy (non-hydrogen) atoms. The van der Waals surface area contributed by atoms with E-state index in [0.29, 0.717) is 23.4 Å². The van der Waals surface area contributed by atoms with Gasteiger partial charge in [0, 0.05) is 17.5 Å². The third-order valence-corrected chi connectivity index (χ3v) is 3.27. The van der Waals surface area contributed by atoms with Crippen LogP contribution in [0.3, 0.4) is 0 Å². The van der Waals surface area contributed by atoms with E-state index in [2.05, 4.69) is 4.98 Å². The number of benzene rings is 1. The van der Waals surface area contributed by atoms with Crippen molar-refractivity contribution < 1.29 is 24.9 Å². The third-order valence-electron chi connectivity index (χ3n) is 3.27. The first-order valence-electron chi connectivity index (χ1n) is 6.83. The summed E-state index contributed by atoms with van der Waals surface area (Å²) in [7, 11) is 0. The van der Waals surface area contributed by atoms with Gasteiger partial charge in [0.1, 0.15) is 11.8 Å². The number of H-pyrrole nitrogens is 1. The van der Waals surface area contributed by atoms with Crippen LogP contribution in [0, 0.1) is 0 Å². The van der Waals surface area contributed by atoms with Crippen molar-refractivity contribution in [3.63, 3.8) is 0 Å². The number of aromatic nitrogens is 1. The minimum absolute atomic E-state index is 0.0952. The lowest BCUT2D eigenvalue weighted by Crippen LogP contribution is -2.19. The fourth-order valence-corrected chi connectivity index (χ4v) is 2.16. The fourth-order valence-electron chi connectivity index (χ4n) is 2.16. The Hall–Kier alpha value is -1.89. The minimum atomic E-state index is -1.09. The summed E-state index contributed by atoms with van der Waals surface area (Å²) in [5.74, 6) is -0.434. The van der Waals surface area contributed by atoms with E-state index in [1.165, 1.54) is 0 Å². The number of aromatic amines is 1. The monoisotopic (exact) mass is 293 g/mol. The van der Waals surface area contributed by atoms with Gasteiger partial charge in [0.05, 0.1) is 12.7 Å².